The van der Waals surface area contributed by atoms with Gasteiger partial charge in [-0.25, -0.2) is 0 Å². The summed E-state index contributed by atoms with van der Waals surface area (Å²) in [7, 11) is 1.85. The zero-order valence-electron chi connectivity index (χ0n) is 13.4. The Morgan fingerprint density at radius 3 is 2.70 bits per heavy atom. The Labute approximate surface area is 140 Å². The molecular formula is C15H30IN3O. The van der Waals surface area contributed by atoms with Gasteiger partial charge in [0.05, 0.1) is 6.10 Å². The fourth-order valence-corrected chi connectivity index (χ4v) is 3.44. The molecule has 2 N–H and O–H groups in total. The Bertz CT molecular complexity index is 344. The Kier molecular flexibility index (Phi) is 6.57. The lowest BCUT2D eigenvalue weighted by atomic mass is 9.57. The average Bonchev–Trinajstić information content (AvgIpc) is 2.79. The Morgan fingerprint density at radius 2 is 2.10 bits per heavy atom. The van der Waals surface area contributed by atoms with Crippen LogP contribution in [0.4, 0.5) is 0 Å². The number of halogens is 1. The van der Waals surface area contributed by atoms with Crippen LogP contribution in [0, 0.1) is 17.3 Å². The maximum absolute atomic E-state index is 5.82. The van der Waals surface area contributed by atoms with Crippen molar-refractivity contribution in [2.75, 3.05) is 20.2 Å². The predicted octanol–water partition coefficient (Wildman–Crippen LogP) is 2.63. The molecule has 1 saturated carbocycles. The van der Waals surface area contributed by atoms with E-state index in [2.05, 4.69) is 43.3 Å². The second-order valence-corrected chi connectivity index (χ2v) is 6.87. The van der Waals surface area contributed by atoms with Crippen molar-refractivity contribution in [1.82, 2.24) is 10.6 Å². The standard InChI is InChI=1S/C15H29N3O.HI/c1-10(2)6-8-17-14(16-5)18-12-11-7-9-19-13(11)15(12,3)4;/h10-13H,6-9H2,1-5H3,(H2,16,17,18);1H. The zero-order valence-corrected chi connectivity index (χ0v) is 15.7. The number of fused-ring (bicyclic) bond motifs is 1. The fourth-order valence-electron chi connectivity index (χ4n) is 3.44. The van der Waals surface area contributed by atoms with Gasteiger partial charge in [0.15, 0.2) is 5.96 Å². The highest BCUT2D eigenvalue weighted by Crippen LogP contribution is 2.51. The molecule has 0 aromatic heterocycles. The van der Waals surface area contributed by atoms with Gasteiger partial charge in [-0.1, -0.05) is 27.7 Å². The maximum atomic E-state index is 5.82. The van der Waals surface area contributed by atoms with Crippen molar-refractivity contribution in [1.29, 1.82) is 0 Å². The van der Waals surface area contributed by atoms with Gasteiger partial charge in [0.25, 0.3) is 0 Å². The van der Waals surface area contributed by atoms with E-state index < -0.39 is 0 Å². The molecule has 0 bridgehead atoms. The SMILES string of the molecule is CN=C(NCCC(C)C)NC1C2CCOC2C1(C)C.I. The largest absolute Gasteiger partial charge is 0.377 e. The Hall–Kier alpha value is -0.0400. The van der Waals surface area contributed by atoms with Crippen LogP contribution >= 0.6 is 24.0 Å². The first-order valence-corrected chi connectivity index (χ1v) is 7.55. The number of rotatable bonds is 4. The molecule has 2 rings (SSSR count). The molecule has 0 aromatic carbocycles. The van der Waals surface area contributed by atoms with E-state index in [9.17, 15) is 0 Å². The van der Waals surface area contributed by atoms with Gasteiger partial charge in [-0.05, 0) is 18.8 Å². The third kappa shape index (κ3) is 3.59. The van der Waals surface area contributed by atoms with Crippen molar-refractivity contribution < 1.29 is 4.74 Å². The summed E-state index contributed by atoms with van der Waals surface area (Å²) in [6.45, 7) is 11.0. The van der Waals surface area contributed by atoms with Crippen molar-refractivity contribution in [3.63, 3.8) is 0 Å². The normalized spacial score (nSPS) is 31.3. The van der Waals surface area contributed by atoms with Gasteiger partial charge >= 0.3 is 0 Å². The minimum Gasteiger partial charge on any atom is -0.377 e. The van der Waals surface area contributed by atoms with Crippen molar-refractivity contribution in [2.24, 2.45) is 22.2 Å². The second-order valence-electron chi connectivity index (χ2n) is 6.87. The fraction of sp³-hybridized carbons (Fsp3) is 0.933. The molecule has 0 radical (unpaired) electrons. The summed E-state index contributed by atoms with van der Waals surface area (Å²) < 4.78 is 5.82. The first-order chi connectivity index (χ1) is 8.96. The number of ether oxygens (including phenoxy) is 1. The van der Waals surface area contributed by atoms with Gasteiger partial charge in [0.2, 0.25) is 0 Å². The van der Waals surface area contributed by atoms with Crippen LogP contribution in [0.2, 0.25) is 0 Å². The molecule has 0 aromatic rings. The molecule has 3 unspecified atom stereocenters. The molecule has 1 aliphatic carbocycles. The van der Waals surface area contributed by atoms with E-state index in [0.29, 0.717) is 18.1 Å². The van der Waals surface area contributed by atoms with Crippen molar-refractivity contribution >= 4 is 29.9 Å². The summed E-state index contributed by atoms with van der Waals surface area (Å²) in [5.41, 5.74) is 0.205. The van der Waals surface area contributed by atoms with Crippen LogP contribution in [0.1, 0.15) is 40.5 Å². The molecule has 2 aliphatic rings. The zero-order chi connectivity index (χ0) is 14.0. The topological polar surface area (TPSA) is 45.7 Å². The molecule has 20 heavy (non-hydrogen) atoms. The monoisotopic (exact) mass is 395 g/mol. The van der Waals surface area contributed by atoms with Gasteiger partial charge in [0.1, 0.15) is 0 Å². The van der Waals surface area contributed by atoms with Gasteiger partial charge in [-0.3, -0.25) is 4.99 Å². The molecule has 0 amide bonds. The van der Waals surface area contributed by atoms with E-state index in [1.807, 2.05) is 7.05 Å². The second kappa shape index (κ2) is 7.29. The van der Waals surface area contributed by atoms with Crippen molar-refractivity contribution in [3.05, 3.63) is 0 Å². The average molecular weight is 395 g/mol. The number of nitrogens with one attached hydrogen (secondary N) is 2. The summed E-state index contributed by atoms with van der Waals surface area (Å²) in [5.74, 6) is 2.31. The van der Waals surface area contributed by atoms with Gasteiger partial charge in [0, 0.05) is 37.6 Å². The van der Waals surface area contributed by atoms with Crippen LogP contribution in [0.3, 0.4) is 0 Å². The Balaban J connectivity index is 0.00000200. The van der Waals surface area contributed by atoms with Crippen LogP contribution in [0.5, 0.6) is 0 Å². The van der Waals surface area contributed by atoms with Crippen LogP contribution in [0.25, 0.3) is 0 Å². The van der Waals surface area contributed by atoms with E-state index >= 15 is 0 Å². The minimum absolute atomic E-state index is 0. The molecule has 5 heteroatoms. The molecular weight excluding hydrogens is 365 g/mol. The lowest BCUT2D eigenvalue weighted by Crippen LogP contribution is -2.68. The van der Waals surface area contributed by atoms with Crippen molar-refractivity contribution in [3.8, 4) is 0 Å². The van der Waals surface area contributed by atoms with E-state index in [1.54, 1.807) is 0 Å². The molecule has 1 heterocycles. The van der Waals surface area contributed by atoms with E-state index in [4.69, 9.17) is 4.74 Å². The highest BCUT2D eigenvalue weighted by Gasteiger charge is 2.59. The quantitative estimate of drug-likeness (QED) is 0.437. The summed E-state index contributed by atoms with van der Waals surface area (Å²) >= 11 is 0. The van der Waals surface area contributed by atoms with E-state index in [0.717, 1.165) is 25.0 Å². The molecule has 4 nitrogen and oxygen atoms in total. The summed E-state index contributed by atoms with van der Waals surface area (Å²) in [6, 6.07) is 0.477. The number of hydrogen-bond donors (Lipinski definition) is 2. The summed E-state index contributed by atoms with van der Waals surface area (Å²) in [4.78, 5) is 4.34. The highest BCUT2D eigenvalue weighted by atomic mass is 127. The third-order valence-corrected chi connectivity index (χ3v) is 4.63. The first kappa shape index (κ1) is 18.0. The number of nitrogens with zero attached hydrogens (tertiary/aromatic N) is 1. The third-order valence-electron chi connectivity index (χ3n) is 4.63. The lowest BCUT2D eigenvalue weighted by Gasteiger charge is -2.54. The van der Waals surface area contributed by atoms with Gasteiger partial charge in [-0.2, -0.15) is 0 Å². The summed E-state index contributed by atoms with van der Waals surface area (Å²) in [5, 5.41) is 7.01. The van der Waals surface area contributed by atoms with Gasteiger partial charge in [-0.15, -0.1) is 24.0 Å². The van der Waals surface area contributed by atoms with Crippen LogP contribution in [-0.4, -0.2) is 38.3 Å². The predicted molar refractivity (Wildman–Crippen MR) is 94.8 cm³/mol. The van der Waals surface area contributed by atoms with Crippen molar-refractivity contribution in [2.45, 2.75) is 52.7 Å². The molecule has 118 valence electrons. The molecule has 0 spiro atoms. The van der Waals surface area contributed by atoms with E-state index in [-0.39, 0.29) is 29.4 Å². The molecule has 2 fully saturated rings. The minimum atomic E-state index is 0. The van der Waals surface area contributed by atoms with E-state index in [1.165, 1.54) is 12.8 Å². The maximum Gasteiger partial charge on any atom is 0.191 e. The number of aliphatic imine (C=N–C) groups is 1. The molecule has 1 saturated heterocycles. The number of guanidine groups is 1. The lowest BCUT2D eigenvalue weighted by molar-refractivity contribution is -0.106. The van der Waals surface area contributed by atoms with Crippen LogP contribution in [0.15, 0.2) is 4.99 Å². The molecule has 1 aliphatic heterocycles. The van der Waals surface area contributed by atoms with Gasteiger partial charge < -0.3 is 15.4 Å². The smallest absolute Gasteiger partial charge is 0.191 e. The first-order valence-electron chi connectivity index (χ1n) is 7.55. The molecule has 3 atom stereocenters. The van der Waals surface area contributed by atoms with Crippen LogP contribution < -0.4 is 10.6 Å². The van der Waals surface area contributed by atoms with Crippen LogP contribution in [-0.2, 0) is 4.74 Å². The number of hydrogen-bond acceptors (Lipinski definition) is 2. The highest BCUT2D eigenvalue weighted by molar-refractivity contribution is 14.0. The summed E-state index contributed by atoms with van der Waals surface area (Å²) in [6.07, 6.45) is 2.78. The Morgan fingerprint density at radius 1 is 1.40 bits per heavy atom.